The zero-order chi connectivity index (χ0) is 22.3. The molecule has 0 saturated carbocycles. The second-order valence-corrected chi connectivity index (χ2v) is 7.06. The van der Waals surface area contributed by atoms with E-state index in [-0.39, 0.29) is 29.5 Å². The molecule has 0 radical (unpaired) electrons. The van der Waals surface area contributed by atoms with E-state index < -0.39 is 17.6 Å². The maximum Gasteiger partial charge on any atom is 0.416 e. The lowest BCUT2D eigenvalue weighted by Gasteiger charge is -2.36. The van der Waals surface area contributed by atoms with E-state index in [1.807, 2.05) is 6.07 Å². The fraction of sp³-hybridized carbons (Fsp3) is 0.450. The van der Waals surface area contributed by atoms with Gasteiger partial charge in [-0.15, -0.1) is 24.0 Å². The van der Waals surface area contributed by atoms with Crippen LogP contribution in [0.2, 0.25) is 0 Å². The molecule has 0 spiro atoms. The van der Waals surface area contributed by atoms with E-state index in [1.54, 1.807) is 13.3 Å². The normalized spacial score (nSPS) is 15.2. The van der Waals surface area contributed by atoms with Crippen LogP contribution in [0, 0.1) is 0 Å². The van der Waals surface area contributed by atoms with E-state index in [2.05, 4.69) is 30.6 Å². The highest BCUT2D eigenvalue weighted by molar-refractivity contribution is 14.0. The average Bonchev–Trinajstić information content (AvgIpc) is 3.27. The summed E-state index contributed by atoms with van der Waals surface area (Å²) in [6, 6.07) is 5.99. The maximum absolute atomic E-state index is 12.6. The first kappa shape index (κ1) is 25.9. The minimum absolute atomic E-state index is 0. The average molecular weight is 566 g/mol. The topological polar surface area (TPSA) is 86.0 Å². The van der Waals surface area contributed by atoms with Crippen LogP contribution in [-0.4, -0.2) is 73.1 Å². The summed E-state index contributed by atoms with van der Waals surface area (Å²) in [7, 11) is 1.70. The Kier molecular flexibility index (Phi) is 9.75. The predicted molar refractivity (Wildman–Crippen MR) is 124 cm³/mol. The van der Waals surface area contributed by atoms with Gasteiger partial charge in [0.2, 0.25) is 0 Å². The molecule has 2 N–H and O–H groups in total. The van der Waals surface area contributed by atoms with Gasteiger partial charge < -0.3 is 20.1 Å². The Balaban J connectivity index is 0.00000363. The van der Waals surface area contributed by atoms with Crippen LogP contribution in [0.3, 0.4) is 0 Å². The number of carbonyl (C=O) groups is 1. The zero-order valence-electron chi connectivity index (χ0n) is 17.6. The Labute approximate surface area is 201 Å². The van der Waals surface area contributed by atoms with Crippen LogP contribution in [0.25, 0.3) is 0 Å². The lowest BCUT2D eigenvalue weighted by Crippen LogP contribution is -2.53. The Morgan fingerprint density at radius 1 is 1.09 bits per heavy atom. The van der Waals surface area contributed by atoms with Crippen molar-refractivity contribution in [2.24, 2.45) is 4.99 Å². The zero-order valence-corrected chi connectivity index (χ0v) is 19.9. The fourth-order valence-corrected chi connectivity index (χ4v) is 3.26. The number of carbonyl (C=O) groups excluding carboxylic acids is 1. The van der Waals surface area contributed by atoms with Crippen LogP contribution in [0.1, 0.15) is 21.6 Å². The van der Waals surface area contributed by atoms with E-state index in [9.17, 15) is 18.0 Å². The highest BCUT2D eigenvalue weighted by Crippen LogP contribution is 2.29. The van der Waals surface area contributed by atoms with Gasteiger partial charge in [0.15, 0.2) is 5.96 Å². The molecule has 1 aromatic carbocycles. The van der Waals surface area contributed by atoms with Gasteiger partial charge in [0.25, 0.3) is 5.91 Å². The molecule has 1 aromatic heterocycles. The van der Waals surface area contributed by atoms with Crippen LogP contribution in [0.15, 0.2) is 46.1 Å². The van der Waals surface area contributed by atoms with Gasteiger partial charge in [0.1, 0.15) is 6.26 Å². The molecule has 0 unspecified atom stereocenters. The lowest BCUT2D eigenvalue weighted by molar-refractivity contribution is -0.137. The van der Waals surface area contributed by atoms with Crippen LogP contribution < -0.4 is 10.6 Å². The molecule has 2 aromatic rings. The Hall–Kier alpha value is -2.35. The molecule has 1 saturated heterocycles. The van der Waals surface area contributed by atoms with Gasteiger partial charge >= 0.3 is 6.18 Å². The summed E-state index contributed by atoms with van der Waals surface area (Å²) in [6.45, 7) is 4.82. The van der Waals surface area contributed by atoms with E-state index >= 15 is 0 Å². The number of rotatable bonds is 6. The third kappa shape index (κ3) is 7.36. The first-order valence-corrected chi connectivity index (χ1v) is 9.89. The number of nitrogens with one attached hydrogen (secondary N) is 2. The number of halogens is 4. The van der Waals surface area contributed by atoms with E-state index in [1.165, 1.54) is 12.1 Å². The number of aromatic nitrogens is 1. The number of hydrogen-bond donors (Lipinski definition) is 2. The van der Waals surface area contributed by atoms with Crippen LogP contribution >= 0.6 is 24.0 Å². The van der Waals surface area contributed by atoms with Crippen molar-refractivity contribution in [1.29, 1.82) is 0 Å². The van der Waals surface area contributed by atoms with Crippen molar-refractivity contribution < 1.29 is 22.5 Å². The first-order valence-electron chi connectivity index (χ1n) is 9.89. The Morgan fingerprint density at radius 2 is 1.75 bits per heavy atom. The van der Waals surface area contributed by atoms with Gasteiger partial charge in [0, 0.05) is 64.5 Å². The van der Waals surface area contributed by atoms with Crippen molar-refractivity contribution in [1.82, 2.24) is 25.6 Å². The Morgan fingerprint density at radius 3 is 2.31 bits per heavy atom. The van der Waals surface area contributed by atoms with E-state index in [0.29, 0.717) is 13.1 Å². The second kappa shape index (κ2) is 12.0. The number of guanidine groups is 1. The molecular weight excluding hydrogens is 540 g/mol. The van der Waals surface area contributed by atoms with Crippen molar-refractivity contribution in [3.05, 3.63) is 53.4 Å². The van der Waals surface area contributed by atoms with Crippen LogP contribution in [0.4, 0.5) is 13.2 Å². The van der Waals surface area contributed by atoms with Gasteiger partial charge in [0.05, 0.1) is 11.3 Å². The number of hydrogen-bond acceptors (Lipinski definition) is 5. The molecule has 8 nitrogen and oxygen atoms in total. The SMILES string of the molecule is CN=C(NCCNC(=O)c1ccc(C(F)(F)F)cc1)N1CCN(Cc2ccon2)CC1.I. The molecule has 1 aliphatic heterocycles. The monoisotopic (exact) mass is 566 g/mol. The lowest BCUT2D eigenvalue weighted by atomic mass is 10.1. The molecule has 1 aliphatic rings. The summed E-state index contributed by atoms with van der Waals surface area (Å²) in [6.07, 6.45) is -2.86. The molecule has 32 heavy (non-hydrogen) atoms. The number of aliphatic imine (C=N–C) groups is 1. The van der Waals surface area contributed by atoms with Gasteiger partial charge in [-0.25, -0.2) is 0 Å². The van der Waals surface area contributed by atoms with Crippen molar-refractivity contribution >= 4 is 35.8 Å². The van der Waals surface area contributed by atoms with Gasteiger partial charge in [-0.2, -0.15) is 13.2 Å². The minimum Gasteiger partial charge on any atom is -0.364 e. The molecule has 2 heterocycles. The number of piperazine rings is 1. The number of benzene rings is 1. The van der Waals surface area contributed by atoms with E-state index in [0.717, 1.165) is 56.5 Å². The van der Waals surface area contributed by atoms with Crippen molar-refractivity contribution in [3.8, 4) is 0 Å². The van der Waals surface area contributed by atoms with Crippen molar-refractivity contribution in [2.45, 2.75) is 12.7 Å². The summed E-state index contributed by atoms with van der Waals surface area (Å²) in [5.74, 6) is 0.317. The molecule has 0 atom stereocenters. The first-order chi connectivity index (χ1) is 14.9. The molecule has 1 fully saturated rings. The molecule has 176 valence electrons. The quantitative estimate of drug-likeness (QED) is 0.242. The molecule has 3 rings (SSSR count). The molecular formula is C20H26F3IN6O2. The third-order valence-corrected chi connectivity index (χ3v) is 4.93. The highest BCUT2D eigenvalue weighted by atomic mass is 127. The van der Waals surface area contributed by atoms with Gasteiger partial charge in [-0.05, 0) is 24.3 Å². The number of alkyl halides is 3. The summed E-state index contributed by atoms with van der Waals surface area (Å²) < 4.78 is 42.7. The van der Waals surface area contributed by atoms with Gasteiger partial charge in [-0.3, -0.25) is 14.7 Å². The summed E-state index contributed by atoms with van der Waals surface area (Å²) in [5.41, 5.74) is 0.302. The summed E-state index contributed by atoms with van der Waals surface area (Å²) in [4.78, 5) is 20.8. The molecule has 12 heteroatoms. The van der Waals surface area contributed by atoms with Crippen LogP contribution in [-0.2, 0) is 12.7 Å². The minimum atomic E-state index is -4.42. The van der Waals surface area contributed by atoms with E-state index in [4.69, 9.17) is 4.52 Å². The summed E-state index contributed by atoms with van der Waals surface area (Å²) >= 11 is 0. The number of amides is 1. The van der Waals surface area contributed by atoms with Gasteiger partial charge in [-0.1, -0.05) is 5.16 Å². The Bertz CT molecular complexity index is 866. The highest BCUT2D eigenvalue weighted by Gasteiger charge is 2.30. The fourth-order valence-electron chi connectivity index (χ4n) is 3.26. The third-order valence-electron chi connectivity index (χ3n) is 4.93. The molecule has 0 bridgehead atoms. The number of nitrogens with zero attached hydrogens (tertiary/aromatic N) is 4. The van der Waals surface area contributed by atoms with Crippen LogP contribution in [0.5, 0.6) is 0 Å². The molecule has 1 amide bonds. The standard InChI is InChI=1S/C20H25F3N6O2.HI/c1-24-19(29-11-9-28(10-12-29)14-17-6-13-31-27-17)26-8-7-25-18(30)15-2-4-16(5-3-15)20(21,22)23;/h2-6,13H,7-12,14H2,1H3,(H,24,26)(H,25,30);1H. The predicted octanol–water partition coefficient (Wildman–Crippen LogP) is 2.43. The maximum atomic E-state index is 12.6. The largest absolute Gasteiger partial charge is 0.416 e. The summed E-state index contributed by atoms with van der Waals surface area (Å²) in [5, 5.41) is 9.82. The van der Waals surface area contributed by atoms with Crippen molar-refractivity contribution in [2.75, 3.05) is 46.3 Å². The second-order valence-electron chi connectivity index (χ2n) is 7.06. The smallest absolute Gasteiger partial charge is 0.364 e. The molecule has 0 aliphatic carbocycles. The van der Waals surface area contributed by atoms with Crippen molar-refractivity contribution in [3.63, 3.8) is 0 Å².